The van der Waals surface area contributed by atoms with Crippen molar-refractivity contribution in [2.24, 2.45) is 5.92 Å². The van der Waals surface area contributed by atoms with Crippen molar-refractivity contribution < 1.29 is 9.53 Å². The topological polar surface area (TPSA) is 74.3 Å². The van der Waals surface area contributed by atoms with Crippen molar-refractivity contribution in [3.63, 3.8) is 0 Å². The minimum Gasteiger partial charge on any atom is -0.483 e. The first kappa shape index (κ1) is 17.3. The maximum absolute atomic E-state index is 12.7. The van der Waals surface area contributed by atoms with Crippen LogP contribution in [0.4, 0.5) is 0 Å². The molecule has 0 amide bonds. The molecule has 0 aliphatic heterocycles. The summed E-state index contributed by atoms with van der Waals surface area (Å²) in [6.07, 6.45) is 4.20. The van der Waals surface area contributed by atoms with E-state index in [0.717, 1.165) is 12.0 Å². The Morgan fingerprint density at radius 2 is 2.00 bits per heavy atom. The van der Waals surface area contributed by atoms with Gasteiger partial charge in [-0.3, -0.25) is 14.3 Å². The van der Waals surface area contributed by atoms with Gasteiger partial charge in [0.1, 0.15) is 6.61 Å². The van der Waals surface area contributed by atoms with E-state index in [-0.39, 0.29) is 29.3 Å². The Kier molecular flexibility index (Phi) is 5.22. The number of aryl methyl sites for hydroxylation is 1. The number of Topliss-reactive ketones (excluding diaryl/α,β-unsaturated/α-hetero) is 1. The van der Waals surface area contributed by atoms with Crippen LogP contribution in [0, 0.1) is 5.92 Å². The summed E-state index contributed by atoms with van der Waals surface area (Å²) in [6.45, 7) is 2.13. The largest absolute Gasteiger partial charge is 0.483 e. The summed E-state index contributed by atoms with van der Waals surface area (Å²) >= 11 is 0. The highest BCUT2D eigenvalue weighted by Gasteiger charge is 2.26. The molecule has 5 heteroatoms. The van der Waals surface area contributed by atoms with E-state index in [1.807, 2.05) is 37.3 Å². The Labute approximate surface area is 147 Å². The molecule has 1 aromatic heterocycles. The second kappa shape index (κ2) is 7.55. The number of hydrogen-bond acceptors (Lipinski definition) is 4. The molecule has 0 radical (unpaired) electrons. The molecule has 0 bridgehead atoms. The van der Waals surface area contributed by atoms with Crippen molar-refractivity contribution in [3.8, 4) is 5.75 Å². The van der Waals surface area contributed by atoms with Gasteiger partial charge in [-0.25, -0.2) is 0 Å². The molecule has 5 nitrogen and oxygen atoms in total. The fraction of sp³-hybridized carbons (Fsp3) is 0.400. The molecule has 132 valence electrons. The highest BCUT2D eigenvalue weighted by molar-refractivity contribution is 5.97. The first-order chi connectivity index (χ1) is 12.1. The van der Waals surface area contributed by atoms with Gasteiger partial charge in [-0.1, -0.05) is 50.1 Å². The van der Waals surface area contributed by atoms with E-state index in [9.17, 15) is 9.59 Å². The van der Waals surface area contributed by atoms with Crippen LogP contribution >= 0.6 is 0 Å². The van der Waals surface area contributed by atoms with Gasteiger partial charge in [0, 0.05) is 18.2 Å². The van der Waals surface area contributed by atoms with Gasteiger partial charge in [-0.05, 0) is 24.3 Å². The number of aromatic nitrogens is 1. The van der Waals surface area contributed by atoms with E-state index < -0.39 is 0 Å². The SMILES string of the molecule is CCc1cc(=O)c(OCc2ccccc2)c(C(=O)CCC2CC2)n1N. The van der Waals surface area contributed by atoms with Crippen LogP contribution in [0.25, 0.3) is 0 Å². The molecular formula is C20H24N2O3. The van der Waals surface area contributed by atoms with Crippen molar-refractivity contribution in [3.05, 3.63) is 63.6 Å². The van der Waals surface area contributed by atoms with Crippen LogP contribution in [-0.2, 0) is 13.0 Å². The number of ether oxygens (including phenoxy) is 1. The van der Waals surface area contributed by atoms with Gasteiger partial charge in [0.2, 0.25) is 5.43 Å². The van der Waals surface area contributed by atoms with Gasteiger partial charge in [0.25, 0.3) is 0 Å². The van der Waals surface area contributed by atoms with Crippen LogP contribution in [-0.4, -0.2) is 10.5 Å². The third kappa shape index (κ3) is 4.10. The van der Waals surface area contributed by atoms with Gasteiger partial charge < -0.3 is 10.6 Å². The summed E-state index contributed by atoms with van der Waals surface area (Å²) in [7, 11) is 0. The van der Waals surface area contributed by atoms with E-state index in [2.05, 4.69) is 0 Å². The number of carbonyl (C=O) groups excluding carboxylic acids is 1. The lowest BCUT2D eigenvalue weighted by Gasteiger charge is -2.17. The smallest absolute Gasteiger partial charge is 0.224 e. The van der Waals surface area contributed by atoms with E-state index >= 15 is 0 Å². The van der Waals surface area contributed by atoms with Crippen LogP contribution < -0.4 is 16.0 Å². The van der Waals surface area contributed by atoms with Gasteiger partial charge in [0.15, 0.2) is 17.2 Å². The molecule has 1 heterocycles. The van der Waals surface area contributed by atoms with Gasteiger partial charge >= 0.3 is 0 Å². The lowest BCUT2D eigenvalue weighted by atomic mass is 10.1. The number of ketones is 1. The molecule has 0 spiro atoms. The summed E-state index contributed by atoms with van der Waals surface area (Å²) < 4.78 is 7.07. The molecule has 1 fully saturated rings. The zero-order chi connectivity index (χ0) is 17.8. The molecule has 25 heavy (non-hydrogen) atoms. The third-order valence-corrected chi connectivity index (χ3v) is 4.62. The summed E-state index contributed by atoms with van der Waals surface area (Å²) in [5, 5.41) is 0. The summed E-state index contributed by atoms with van der Waals surface area (Å²) in [5.74, 6) is 6.71. The number of nitrogens with zero attached hydrogens (tertiary/aromatic N) is 1. The molecule has 0 unspecified atom stereocenters. The second-order valence-electron chi connectivity index (χ2n) is 6.58. The summed E-state index contributed by atoms with van der Waals surface area (Å²) in [6, 6.07) is 11.0. The minimum absolute atomic E-state index is 0.0596. The van der Waals surface area contributed by atoms with Crippen molar-refractivity contribution in [1.82, 2.24) is 4.68 Å². The molecule has 3 rings (SSSR count). The minimum atomic E-state index is -0.288. The van der Waals surface area contributed by atoms with Crippen molar-refractivity contribution >= 4 is 5.78 Å². The van der Waals surface area contributed by atoms with Gasteiger partial charge in [-0.2, -0.15) is 0 Å². The average Bonchev–Trinajstić information content (AvgIpc) is 3.45. The van der Waals surface area contributed by atoms with Crippen molar-refractivity contribution in [1.29, 1.82) is 0 Å². The van der Waals surface area contributed by atoms with E-state index in [1.165, 1.54) is 23.6 Å². The van der Waals surface area contributed by atoms with Crippen molar-refractivity contribution in [2.75, 3.05) is 5.84 Å². The van der Waals surface area contributed by atoms with Crippen LogP contribution in [0.1, 0.15) is 54.4 Å². The number of pyridine rings is 1. The van der Waals surface area contributed by atoms with Crippen LogP contribution in [0.5, 0.6) is 5.75 Å². The molecule has 0 atom stereocenters. The Morgan fingerprint density at radius 3 is 2.64 bits per heavy atom. The fourth-order valence-electron chi connectivity index (χ4n) is 2.92. The number of benzene rings is 1. The zero-order valence-electron chi connectivity index (χ0n) is 14.5. The number of nitrogen functional groups attached to an aromatic ring is 1. The highest BCUT2D eigenvalue weighted by Crippen LogP contribution is 2.34. The average molecular weight is 340 g/mol. The Balaban J connectivity index is 1.89. The fourth-order valence-corrected chi connectivity index (χ4v) is 2.92. The van der Waals surface area contributed by atoms with Crippen molar-refractivity contribution in [2.45, 2.75) is 45.6 Å². The molecular weight excluding hydrogens is 316 g/mol. The molecule has 2 aromatic rings. The molecule has 2 N–H and O–H groups in total. The number of rotatable bonds is 8. The second-order valence-corrected chi connectivity index (χ2v) is 6.58. The Morgan fingerprint density at radius 1 is 1.28 bits per heavy atom. The van der Waals surface area contributed by atoms with Crippen LogP contribution in [0.2, 0.25) is 0 Å². The van der Waals surface area contributed by atoms with E-state index in [4.69, 9.17) is 10.6 Å². The Hall–Kier alpha value is -2.56. The molecule has 1 aliphatic rings. The zero-order valence-corrected chi connectivity index (χ0v) is 14.5. The maximum Gasteiger partial charge on any atom is 0.224 e. The molecule has 1 aliphatic carbocycles. The van der Waals surface area contributed by atoms with Gasteiger partial charge in [0.05, 0.1) is 0 Å². The summed E-state index contributed by atoms with van der Waals surface area (Å²) in [5.41, 5.74) is 1.47. The monoisotopic (exact) mass is 340 g/mol. The molecule has 1 saturated carbocycles. The lowest BCUT2D eigenvalue weighted by Crippen LogP contribution is -2.28. The Bertz CT molecular complexity index is 808. The highest BCUT2D eigenvalue weighted by atomic mass is 16.5. The van der Waals surface area contributed by atoms with Crippen LogP contribution in [0.3, 0.4) is 0 Å². The number of carbonyl (C=O) groups is 1. The number of hydrogen-bond donors (Lipinski definition) is 1. The first-order valence-electron chi connectivity index (χ1n) is 8.84. The third-order valence-electron chi connectivity index (χ3n) is 4.62. The molecule has 0 saturated heterocycles. The predicted octanol–water partition coefficient (Wildman–Crippen LogP) is 3.08. The maximum atomic E-state index is 12.7. The van der Waals surface area contributed by atoms with Crippen LogP contribution in [0.15, 0.2) is 41.2 Å². The summed E-state index contributed by atoms with van der Waals surface area (Å²) in [4.78, 5) is 25.2. The van der Waals surface area contributed by atoms with E-state index in [1.54, 1.807) is 0 Å². The number of nitrogens with two attached hydrogens (primary N) is 1. The normalized spacial score (nSPS) is 13.6. The lowest BCUT2D eigenvalue weighted by molar-refractivity contribution is 0.0964. The van der Waals surface area contributed by atoms with Gasteiger partial charge in [-0.15, -0.1) is 0 Å². The quantitative estimate of drug-likeness (QED) is 0.592. The standard InChI is InChI=1S/C20H24N2O3/c1-2-16-12-18(24)20(25-13-15-6-4-3-5-7-15)19(22(16)21)17(23)11-10-14-8-9-14/h3-7,12,14H,2,8-11,13,21H2,1H3. The van der Waals surface area contributed by atoms with E-state index in [0.29, 0.717) is 24.5 Å². The predicted molar refractivity (Wildman–Crippen MR) is 97.3 cm³/mol. The molecule has 1 aromatic carbocycles. The first-order valence-corrected chi connectivity index (χ1v) is 8.84.